The number of hydrogen-bond donors (Lipinski definition) is 0. The summed E-state index contributed by atoms with van der Waals surface area (Å²) in [6.45, 7) is 8.60. The van der Waals surface area contributed by atoms with Crippen LogP contribution >= 0.6 is 11.6 Å². The third-order valence-electron chi connectivity index (χ3n) is 7.13. The molecule has 9 heteroatoms. The average Bonchev–Trinajstić information content (AvgIpc) is 3.50. The van der Waals surface area contributed by atoms with Crippen LogP contribution in [0.15, 0.2) is 41.2 Å². The van der Waals surface area contributed by atoms with E-state index in [1.54, 1.807) is 0 Å². The minimum absolute atomic E-state index is 0.0189. The first-order valence-electron chi connectivity index (χ1n) is 11.4. The van der Waals surface area contributed by atoms with Crippen LogP contribution in [0.25, 0.3) is 21.9 Å². The molecular weight excluding hydrogens is 474 g/mol. The summed E-state index contributed by atoms with van der Waals surface area (Å²) in [5, 5.41) is -0.0710. The van der Waals surface area contributed by atoms with E-state index in [2.05, 4.69) is 4.85 Å². The maximum absolute atomic E-state index is 14.6. The number of nitrogens with zero attached hydrogens (tertiary/aromatic N) is 4. The lowest BCUT2D eigenvalue weighted by Crippen LogP contribution is -2.30. The van der Waals surface area contributed by atoms with Gasteiger partial charge in [-0.15, -0.1) is 0 Å². The van der Waals surface area contributed by atoms with Crippen LogP contribution in [0.3, 0.4) is 0 Å². The summed E-state index contributed by atoms with van der Waals surface area (Å²) in [5.74, 6) is -0.926. The van der Waals surface area contributed by atoms with Gasteiger partial charge in [0.25, 0.3) is 5.56 Å². The van der Waals surface area contributed by atoms with Crippen LogP contribution < -0.4 is 15.2 Å². The van der Waals surface area contributed by atoms with Gasteiger partial charge in [0, 0.05) is 24.7 Å². The summed E-state index contributed by atoms with van der Waals surface area (Å²) in [4.78, 5) is 23.5. The monoisotopic (exact) mass is 496 g/mol. The van der Waals surface area contributed by atoms with Crippen LogP contribution in [0, 0.1) is 23.6 Å². The Kier molecular flexibility index (Phi) is 5.97. The van der Waals surface area contributed by atoms with Crippen LogP contribution in [0.2, 0.25) is 5.02 Å². The van der Waals surface area contributed by atoms with Crippen LogP contribution in [0.4, 0.5) is 20.3 Å². The number of halogens is 3. The van der Waals surface area contributed by atoms with Crippen LogP contribution in [0.5, 0.6) is 5.75 Å². The fraction of sp³-hybridized carbons (Fsp3) is 0.346. The first-order chi connectivity index (χ1) is 16.9. The molecular formula is C26H23ClF2N4O2. The Balaban J connectivity index is 1.70. The smallest absolute Gasteiger partial charge is 0.279 e. The predicted octanol–water partition coefficient (Wildman–Crippen LogP) is 6.16. The summed E-state index contributed by atoms with van der Waals surface area (Å²) in [5.41, 5.74) is -0.0699. The van der Waals surface area contributed by atoms with Gasteiger partial charge in [0.2, 0.25) is 5.69 Å². The van der Waals surface area contributed by atoms with E-state index in [-0.39, 0.29) is 38.9 Å². The van der Waals surface area contributed by atoms with Crippen LogP contribution in [0.1, 0.15) is 32.1 Å². The molecule has 0 atom stereocenters. The Labute approximate surface area is 206 Å². The summed E-state index contributed by atoms with van der Waals surface area (Å²) >= 11 is 6.59. The minimum atomic E-state index is -0.734. The molecule has 0 radical (unpaired) electrons. The van der Waals surface area contributed by atoms with Gasteiger partial charge < -0.3 is 9.64 Å². The van der Waals surface area contributed by atoms with Gasteiger partial charge in [-0.05, 0) is 42.9 Å². The van der Waals surface area contributed by atoms with Gasteiger partial charge in [0.15, 0.2) is 17.4 Å². The lowest BCUT2D eigenvalue weighted by atomic mass is 9.86. The van der Waals surface area contributed by atoms with Crippen molar-refractivity contribution in [1.82, 2.24) is 9.55 Å². The van der Waals surface area contributed by atoms with Gasteiger partial charge in [0.1, 0.15) is 16.7 Å². The first kappa shape index (κ1) is 23.3. The first-order valence-corrected chi connectivity index (χ1v) is 11.8. The second-order valence-corrected chi connectivity index (χ2v) is 9.57. The highest BCUT2D eigenvalue weighted by Gasteiger charge is 2.41. The number of ether oxygens (including phenoxy) is 1. The molecule has 1 saturated heterocycles. The summed E-state index contributed by atoms with van der Waals surface area (Å²) in [6, 6.07) is 8.07. The largest absolute Gasteiger partial charge is 0.494 e. The maximum atomic E-state index is 14.6. The molecule has 1 aliphatic heterocycles. The zero-order valence-corrected chi connectivity index (χ0v) is 19.9. The van der Waals surface area contributed by atoms with Gasteiger partial charge in [0.05, 0.1) is 19.4 Å². The van der Waals surface area contributed by atoms with Crippen LogP contribution in [-0.4, -0.2) is 29.8 Å². The number of benzene rings is 2. The molecule has 2 fully saturated rings. The standard InChI is InChI=1S/C26H23ClF2N4O2/c1-30-20-7-5-16(13-18(20)28)23-31-24(32-12-11-26(15-32)9-3-4-10-26)22(27)25(34)33(23)17-6-8-21(35-2)19(29)14-17/h5-8,13-14H,3-4,9-12,15H2,2H3. The van der Waals surface area contributed by atoms with Gasteiger partial charge in [-0.25, -0.2) is 18.6 Å². The third kappa shape index (κ3) is 4.04. The SMILES string of the molecule is [C-]#[N+]c1ccc(-c2nc(N3CCC4(CCCC4)C3)c(Cl)c(=O)n2-c2ccc(OC)c(F)c2)cc1F. The van der Waals surface area contributed by atoms with Crippen molar-refractivity contribution in [2.24, 2.45) is 5.41 Å². The van der Waals surface area contributed by atoms with Crippen molar-refractivity contribution in [3.63, 3.8) is 0 Å². The van der Waals surface area contributed by atoms with Crippen molar-refractivity contribution in [2.45, 2.75) is 32.1 Å². The van der Waals surface area contributed by atoms with Gasteiger partial charge in [-0.3, -0.25) is 9.36 Å². The van der Waals surface area contributed by atoms with Gasteiger partial charge >= 0.3 is 0 Å². The Hall–Kier alpha value is -3.44. The van der Waals surface area contributed by atoms with Crippen molar-refractivity contribution >= 4 is 23.1 Å². The number of methoxy groups -OCH3 is 1. The highest BCUT2D eigenvalue weighted by Crippen LogP contribution is 2.47. The molecule has 1 aromatic heterocycles. The van der Waals surface area contributed by atoms with Crippen molar-refractivity contribution in [1.29, 1.82) is 0 Å². The molecule has 0 N–H and O–H groups in total. The zero-order chi connectivity index (χ0) is 24.7. The normalized spacial score (nSPS) is 16.6. The van der Waals surface area contributed by atoms with E-state index in [0.29, 0.717) is 5.82 Å². The van der Waals surface area contributed by atoms with E-state index in [1.165, 1.54) is 48.8 Å². The molecule has 1 aliphatic carbocycles. The van der Waals surface area contributed by atoms with E-state index in [4.69, 9.17) is 27.9 Å². The summed E-state index contributed by atoms with van der Waals surface area (Å²) in [7, 11) is 1.34. The molecule has 35 heavy (non-hydrogen) atoms. The molecule has 1 saturated carbocycles. The fourth-order valence-electron chi connectivity index (χ4n) is 5.31. The molecule has 6 nitrogen and oxygen atoms in total. The van der Waals surface area contributed by atoms with E-state index in [1.807, 2.05) is 4.90 Å². The van der Waals surface area contributed by atoms with Crippen LogP contribution in [-0.2, 0) is 0 Å². The average molecular weight is 497 g/mol. The molecule has 180 valence electrons. The lowest BCUT2D eigenvalue weighted by molar-refractivity contribution is 0.340. The molecule has 5 rings (SSSR count). The number of aromatic nitrogens is 2. The molecule has 0 amide bonds. The number of hydrogen-bond acceptors (Lipinski definition) is 4. The van der Waals surface area contributed by atoms with Gasteiger partial charge in [-0.1, -0.05) is 36.6 Å². The second kappa shape index (κ2) is 8.97. The topological polar surface area (TPSA) is 51.7 Å². The highest BCUT2D eigenvalue weighted by atomic mass is 35.5. The Morgan fingerprint density at radius 1 is 1.11 bits per heavy atom. The van der Waals surface area contributed by atoms with E-state index in [9.17, 15) is 13.6 Å². The Morgan fingerprint density at radius 2 is 1.89 bits per heavy atom. The summed E-state index contributed by atoms with van der Waals surface area (Å²) < 4.78 is 35.3. The zero-order valence-electron chi connectivity index (χ0n) is 19.2. The van der Waals surface area contributed by atoms with Crippen molar-refractivity contribution in [2.75, 3.05) is 25.1 Å². The number of rotatable bonds is 4. The van der Waals surface area contributed by atoms with E-state index < -0.39 is 17.2 Å². The Morgan fingerprint density at radius 3 is 2.54 bits per heavy atom. The molecule has 3 aromatic rings. The van der Waals surface area contributed by atoms with E-state index >= 15 is 0 Å². The Bertz CT molecular complexity index is 1410. The molecule has 2 aromatic carbocycles. The molecule has 2 aliphatic rings. The quantitative estimate of drug-likeness (QED) is 0.406. The molecule has 0 unspecified atom stereocenters. The van der Waals surface area contributed by atoms with Crippen molar-refractivity contribution < 1.29 is 13.5 Å². The molecule has 2 heterocycles. The highest BCUT2D eigenvalue weighted by molar-refractivity contribution is 6.32. The number of anilines is 1. The lowest BCUT2D eigenvalue weighted by Gasteiger charge is -2.25. The third-order valence-corrected chi connectivity index (χ3v) is 7.46. The van der Waals surface area contributed by atoms with Crippen molar-refractivity contribution in [3.05, 3.63) is 74.8 Å². The van der Waals surface area contributed by atoms with Gasteiger partial charge in [-0.2, -0.15) is 0 Å². The predicted molar refractivity (Wildman–Crippen MR) is 131 cm³/mol. The summed E-state index contributed by atoms with van der Waals surface area (Å²) in [6.07, 6.45) is 5.66. The second-order valence-electron chi connectivity index (χ2n) is 9.19. The van der Waals surface area contributed by atoms with Crippen molar-refractivity contribution in [3.8, 4) is 22.8 Å². The molecule has 1 spiro atoms. The fourth-order valence-corrected chi connectivity index (χ4v) is 5.56. The van der Waals surface area contributed by atoms with E-state index in [0.717, 1.165) is 44.5 Å². The minimum Gasteiger partial charge on any atom is -0.494 e. The molecule has 0 bridgehead atoms. The maximum Gasteiger partial charge on any atom is 0.279 e.